The first-order valence-corrected chi connectivity index (χ1v) is 7.12. The van der Waals surface area contributed by atoms with Crippen LogP contribution in [0.2, 0.25) is 0 Å². The number of hydrogen-bond donors (Lipinski definition) is 1. The van der Waals surface area contributed by atoms with Crippen LogP contribution in [0.1, 0.15) is 16.8 Å². The van der Waals surface area contributed by atoms with Gasteiger partial charge in [0, 0.05) is 23.5 Å². The number of hydrogen-bond acceptors (Lipinski definition) is 3. The van der Waals surface area contributed by atoms with Gasteiger partial charge in [0.15, 0.2) is 0 Å². The molecule has 5 heteroatoms. The van der Waals surface area contributed by atoms with E-state index in [1.165, 1.54) is 19.1 Å². The number of rotatable bonds is 3. The van der Waals surface area contributed by atoms with Crippen LogP contribution in [0.15, 0.2) is 36.7 Å². The number of aryl methyl sites for hydroxylation is 1. The zero-order valence-electron chi connectivity index (χ0n) is 12.5. The Bertz CT molecular complexity index is 741. The van der Waals surface area contributed by atoms with E-state index in [-0.39, 0.29) is 5.56 Å². The van der Waals surface area contributed by atoms with E-state index in [0.717, 1.165) is 17.9 Å². The SMILES string of the molecule is Cc1ccc(-c2ccc(F)c(C)c2F)nc1CN1C=CNC1. The van der Waals surface area contributed by atoms with Crippen LogP contribution in [-0.4, -0.2) is 16.6 Å². The minimum Gasteiger partial charge on any atom is -0.373 e. The van der Waals surface area contributed by atoms with Gasteiger partial charge in [-0.3, -0.25) is 4.98 Å². The fraction of sp³-hybridized carbons (Fsp3) is 0.235. The van der Waals surface area contributed by atoms with Crippen LogP contribution in [0.3, 0.4) is 0 Å². The largest absolute Gasteiger partial charge is 0.373 e. The van der Waals surface area contributed by atoms with Crippen molar-refractivity contribution in [3.05, 3.63) is 65.1 Å². The van der Waals surface area contributed by atoms with E-state index in [1.54, 1.807) is 6.07 Å². The third-order valence-electron chi connectivity index (χ3n) is 3.85. The Morgan fingerprint density at radius 3 is 2.73 bits per heavy atom. The highest BCUT2D eigenvalue weighted by Crippen LogP contribution is 2.26. The lowest BCUT2D eigenvalue weighted by molar-refractivity contribution is 0.379. The molecule has 0 radical (unpaired) electrons. The molecular weight excluding hydrogens is 284 g/mol. The summed E-state index contributed by atoms with van der Waals surface area (Å²) in [7, 11) is 0. The Labute approximate surface area is 128 Å². The van der Waals surface area contributed by atoms with Crippen LogP contribution in [0.4, 0.5) is 8.78 Å². The Morgan fingerprint density at radius 1 is 1.18 bits per heavy atom. The Morgan fingerprint density at radius 2 is 2.00 bits per heavy atom. The summed E-state index contributed by atoms with van der Waals surface area (Å²) in [5.74, 6) is -1.09. The molecule has 3 nitrogen and oxygen atoms in total. The van der Waals surface area contributed by atoms with Crippen molar-refractivity contribution >= 4 is 0 Å². The molecule has 1 N–H and O–H groups in total. The number of halogens is 2. The monoisotopic (exact) mass is 301 g/mol. The molecule has 0 spiro atoms. The second kappa shape index (κ2) is 5.75. The quantitative estimate of drug-likeness (QED) is 0.941. The summed E-state index contributed by atoms with van der Waals surface area (Å²) < 4.78 is 27.7. The van der Waals surface area contributed by atoms with Gasteiger partial charge in [0.2, 0.25) is 0 Å². The average Bonchev–Trinajstić information content (AvgIpc) is 3.01. The number of pyridine rings is 1. The van der Waals surface area contributed by atoms with Crippen molar-refractivity contribution in [1.82, 2.24) is 15.2 Å². The first-order chi connectivity index (χ1) is 10.6. The Balaban J connectivity index is 1.98. The van der Waals surface area contributed by atoms with Crippen molar-refractivity contribution in [2.75, 3.05) is 6.67 Å². The minimum atomic E-state index is -0.551. The summed E-state index contributed by atoms with van der Waals surface area (Å²) in [6.07, 6.45) is 3.83. The van der Waals surface area contributed by atoms with Crippen molar-refractivity contribution in [1.29, 1.82) is 0 Å². The molecule has 22 heavy (non-hydrogen) atoms. The molecule has 3 rings (SSSR count). The Kier molecular flexibility index (Phi) is 3.79. The van der Waals surface area contributed by atoms with E-state index in [0.29, 0.717) is 17.8 Å². The molecule has 0 aliphatic carbocycles. The van der Waals surface area contributed by atoms with Crippen LogP contribution in [0.25, 0.3) is 11.3 Å². The fourth-order valence-electron chi connectivity index (χ4n) is 2.42. The number of benzene rings is 1. The summed E-state index contributed by atoms with van der Waals surface area (Å²) in [5, 5.41) is 3.10. The van der Waals surface area contributed by atoms with E-state index in [1.807, 2.05) is 25.4 Å². The predicted octanol–water partition coefficient (Wildman–Crippen LogP) is 3.48. The van der Waals surface area contributed by atoms with E-state index in [2.05, 4.69) is 15.2 Å². The summed E-state index contributed by atoms with van der Waals surface area (Å²) >= 11 is 0. The summed E-state index contributed by atoms with van der Waals surface area (Å²) in [4.78, 5) is 6.65. The van der Waals surface area contributed by atoms with Gasteiger partial charge in [-0.1, -0.05) is 6.07 Å². The first-order valence-electron chi connectivity index (χ1n) is 7.12. The van der Waals surface area contributed by atoms with Gasteiger partial charge in [-0.15, -0.1) is 0 Å². The molecule has 0 saturated carbocycles. The topological polar surface area (TPSA) is 28.2 Å². The first kappa shape index (κ1) is 14.5. The molecule has 2 heterocycles. The van der Waals surface area contributed by atoms with Gasteiger partial charge in [0.05, 0.1) is 24.6 Å². The lowest BCUT2D eigenvalue weighted by Crippen LogP contribution is -2.21. The van der Waals surface area contributed by atoms with E-state index < -0.39 is 11.6 Å². The summed E-state index contributed by atoms with van der Waals surface area (Å²) in [6, 6.07) is 6.41. The second-order valence-corrected chi connectivity index (χ2v) is 5.42. The second-order valence-electron chi connectivity index (χ2n) is 5.42. The standard InChI is InChI=1S/C17H17F2N3/c1-11-3-6-15(13-4-5-14(18)12(2)17(13)19)21-16(11)9-22-8-7-20-10-22/h3-8,20H,9-10H2,1-2H3. The number of nitrogens with one attached hydrogen (secondary N) is 1. The van der Waals surface area contributed by atoms with Crippen LogP contribution < -0.4 is 5.32 Å². The molecular formula is C17H17F2N3. The minimum absolute atomic E-state index is 0.0214. The van der Waals surface area contributed by atoms with Crippen molar-refractivity contribution in [3.63, 3.8) is 0 Å². The van der Waals surface area contributed by atoms with Crippen molar-refractivity contribution in [3.8, 4) is 11.3 Å². The molecule has 0 saturated heterocycles. The van der Waals surface area contributed by atoms with E-state index >= 15 is 0 Å². The molecule has 1 aliphatic rings. The molecule has 0 fully saturated rings. The van der Waals surface area contributed by atoms with Gasteiger partial charge in [0.1, 0.15) is 11.6 Å². The zero-order chi connectivity index (χ0) is 15.7. The number of nitrogens with zero attached hydrogens (tertiary/aromatic N) is 2. The van der Waals surface area contributed by atoms with Crippen molar-refractivity contribution in [2.24, 2.45) is 0 Å². The third kappa shape index (κ3) is 2.66. The zero-order valence-corrected chi connectivity index (χ0v) is 12.5. The maximum absolute atomic E-state index is 14.3. The maximum atomic E-state index is 14.3. The van der Waals surface area contributed by atoms with Gasteiger partial charge in [-0.25, -0.2) is 8.78 Å². The smallest absolute Gasteiger partial charge is 0.138 e. The van der Waals surface area contributed by atoms with Crippen molar-refractivity contribution < 1.29 is 8.78 Å². The summed E-state index contributed by atoms with van der Waals surface area (Å²) in [5.41, 5.74) is 2.80. The average molecular weight is 301 g/mol. The molecule has 0 amide bonds. The van der Waals surface area contributed by atoms with Crippen molar-refractivity contribution in [2.45, 2.75) is 20.4 Å². The Hall–Kier alpha value is -2.43. The number of aromatic nitrogens is 1. The lowest BCUT2D eigenvalue weighted by Gasteiger charge is -2.16. The molecule has 0 bridgehead atoms. The van der Waals surface area contributed by atoms with E-state index in [4.69, 9.17) is 0 Å². The van der Waals surface area contributed by atoms with Crippen LogP contribution in [0.5, 0.6) is 0 Å². The van der Waals surface area contributed by atoms with Gasteiger partial charge in [-0.2, -0.15) is 0 Å². The van der Waals surface area contributed by atoms with Gasteiger partial charge in [-0.05, 0) is 37.6 Å². The fourth-order valence-corrected chi connectivity index (χ4v) is 2.42. The molecule has 1 aliphatic heterocycles. The maximum Gasteiger partial charge on any atom is 0.138 e. The highest BCUT2D eigenvalue weighted by atomic mass is 19.1. The molecule has 2 aromatic rings. The molecule has 114 valence electrons. The van der Waals surface area contributed by atoms with Crippen LogP contribution in [-0.2, 0) is 6.54 Å². The molecule has 0 unspecified atom stereocenters. The van der Waals surface area contributed by atoms with Crippen LogP contribution >= 0.6 is 0 Å². The highest BCUT2D eigenvalue weighted by Gasteiger charge is 2.14. The molecule has 0 atom stereocenters. The molecule has 1 aromatic heterocycles. The van der Waals surface area contributed by atoms with Gasteiger partial charge >= 0.3 is 0 Å². The third-order valence-corrected chi connectivity index (χ3v) is 3.85. The highest BCUT2D eigenvalue weighted by molar-refractivity contribution is 5.61. The van der Waals surface area contributed by atoms with Gasteiger partial charge in [0.25, 0.3) is 0 Å². The molecule has 1 aromatic carbocycles. The van der Waals surface area contributed by atoms with Gasteiger partial charge < -0.3 is 10.2 Å². The van der Waals surface area contributed by atoms with Crippen LogP contribution in [0, 0.1) is 25.5 Å². The lowest BCUT2D eigenvalue weighted by atomic mass is 10.0. The normalized spacial score (nSPS) is 13.5. The summed E-state index contributed by atoms with van der Waals surface area (Å²) in [6.45, 7) is 4.79. The van der Waals surface area contributed by atoms with E-state index in [9.17, 15) is 8.78 Å². The predicted molar refractivity (Wildman–Crippen MR) is 81.7 cm³/mol.